The fraction of sp³-hybridized carbons (Fsp3) is 0.375. The van der Waals surface area contributed by atoms with E-state index < -0.39 is 29.2 Å². The lowest BCUT2D eigenvalue weighted by Gasteiger charge is -2.30. The minimum atomic E-state index is -1.91. The van der Waals surface area contributed by atoms with Crippen LogP contribution in [-0.4, -0.2) is 52.4 Å². The van der Waals surface area contributed by atoms with Crippen molar-refractivity contribution in [1.82, 2.24) is 0 Å². The van der Waals surface area contributed by atoms with Crippen LogP contribution < -0.4 is 0 Å². The molecule has 2 aliphatic rings. The van der Waals surface area contributed by atoms with Crippen LogP contribution in [0.3, 0.4) is 0 Å². The number of aromatic hydroxyl groups is 2. The summed E-state index contributed by atoms with van der Waals surface area (Å²) >= 11 is 0. The molecule has 0 aromatic heterocycles. The summed E-state index contributed by atoms with van der Waals surface area (Å²) in [5.41, 5.74) is -0.643. The van der Waals surface area contributed by atoms with Gasteiger partial charge in [-0.15, -0.1) is 0 Å². The SMILES string of the molecule is COC(=O)C1(Cc2ccc(O)c(CC3OC3(C)C)c2)OC(=O)C(=O)C1c1ccc(O)cc1. The summed E-state index contributed by atoms with van der Waals surface area (Å²) in [7, 11) is 1.16. The van der Waals surface area contributed by atoms with Crippen LogP contribution in [-0.2, 0) is 41.4 Å². The molecule has 4 rings (SSSR count). The summed E-state index contributed by atoms with van der Waals surface area (Å²) in [5.74, 6) is -4.04. The normalized spacial score (nSPS) is 26.0. The Morgan fingerprint density at radius 2 is 1.75 bits per heavy atom. The number of esters is 2. The first-order chi connectivity index (χ1) is 15.1. The third-order valence-corrected chi connectivity index (χ3v) is 6.14. The molecule has 2 aromatic carbocycles. The second-order valence-corrected chi connectivity index (χ2v) is 8.71. The number of benzene rings is 2. The van der Waals surface area contributed by atoms with Gasteiger partial charge in [0.15, 0.2) is 0 Å². The van der Waals surface area contributed by atoms with Gasteiger partial charge in [0, 0.05) is 12.8 Å². The highest BCUT2D eigenvalue weighted by Crippen LogP contribution is 2.43. The maximum atomic E-state index is 12.9. The number of methoxy groups -OCH3 is 1. The van der Waals surface area contributed by atoms with Crippen LogP contribution in [0.4, 0.5) is 0 Å². The summed E-state index contributed by atoms with van der Waals surface area (Å²) in [6.07, 6.45) is 0.289. The van der Waals surface area contributed by atoms with Gasteiger partial charge in [0.1, 0.15) is 17.4 Å². The molecule has 8 nitrogen and oxygen atoms in total. The van der Waals surface area contributed by atoms with Crippen LogP contribution in [0.1, 0.15) is 36.5 Å². The van der Waals surface area contributed by atoms with Crippen molar-refractivity contribution in [3.63, 3.8) is 0 Å². The van der Waals surface area contributed by atoms with Gasteiger partial charge in [0.05, 0.1) is 18.8 Å². The standard InChI is InChI=1S/C24H24O8/c1-23(2)18(31-23)11-15-10-13(4-9-17(15)26)12-24(22(29)30-3)19(20(27)21(28)32-24)14-5-7-16(25)8-6-14/h4-10,18-19,25-26H,11-12H2,1-3H3. The lowest BCUT2D eigenvalue weighted by atomic mass is 9.77. The molecule has 0 radical (unpaired) electrons. The predicted octanol–water partition coefficient (Wildman–Crippen LogP) is 2.18. The summed E-state index contributed by atoms with van der Waals surface area (Å²) < 4.78 is 16.0. The zero-order valence-corrected chi connectivity index (χ0v) is 18.0. The molecule has 0 spiro atoms. The highest BCUT2D eigenvalue weighted by Gasteiger charge is 2.62. The molecule has 32 heavy (non-hydrogen) atoms. The lowest BCUT2D eigenvalue weighted by Crippen LogP contribution is -2.47. The number of phenols is 2. The Hall–Kier alpha value is -3.39. The van der Waals surface area contributed by atoms with Crippen molar-refractivity contribution in [2.75, 3.05) is 7.11 Å². The molecule has 2 heterocycles. The molecule has 0 bridgehead atoms. The predicted molar refractivity (Wildman–Crippen MR) is 111 cm³/mol. The smallest absolute Gasteiger partial charge is 0.376 e. The van der Waals surface area contributed by atoms with Crippen molar-refractivity contribution in [3.05, 3.63) is 59.2 Å². The Morgan fingerprint density at radius 3 is 2.34 bits per heavy atom. The third-order valence-electron chi connectivity index (χ3n) is 6.14. The van der Waals surface area contributed by atoms with Crippen LogP contribution in [0.5, 0.6) is 11.5 Å². The molecule has 0 amide bonds. The molecule has 3 atom stereocenters. The molecular formula is C24H24O8. The van der Waals surface area contributed by atoms with Crippen molar-refractivity contribution in [2.24, 2.45) is 0 Å². The number of carbonyl (C=O) groups is 3. The van der Waals surface area contributed by atoms with E-state index in [-0.39, 0.29) is 29.6 Å². The molecule has 168 valence electrons. The highest BCUT2D eigenvalue weighted by atomic mass is 16.6. The second-order valence-electron chi connectivity index (χ2n) is 8.71. The second kappa shape index (κ2) is 7.63. The minimum Gasteiger partial charge on any atom is -0.508 e. The number of phenolic OH excluding ortho intramolecular Hbond substituents is 2. The quantitative estimate of drug-likeness (QED) is 0.398. The molecule has 3 unspecified atom stereocenters. The molecule has 2 aliphatic heterocycles. The van der Waals surface area contributed by atoms with Crippen molar-refractivity contribution >= 4 is 17.7 Å². The fourth-order valence-corrected chi connectivity index (χ4v) is 4.27. The molecule has 2 fully saturated rings. The lowest BCUT2D eigenvalue weighted by molar-refractivity contribution is -0.173. The third kappa shape index (κ3) is 3.71. The molecule has 2 saturated heterocycles. The van der Waals surface area contributed by atoms with E-state index >= 15 is 0 Å². The molecule has 8 heteroatoms. The number of epoxide rings is 1. The summed E-state index contributed by atoms with van der Waals surface area (Å²) in [4.78, 5) is 38.0. The molecular weight excluding hydrogens is 416 g/mol. The topological polar surface area (TPSA) is 123 Å². The number of cyclic esters (lactones) is 1. The first-order valence-electron chi connectivity index (χ1n) is 10.2. The Labute approximate surface area is 184 Å². The highest BCUT2D eigenvalue weighted by molar-refractivity contribution is 6.39. The Kier molecular flexibility index (Phi) is 5.21. The van der Waals surface area contributed by atoms with E-state index in [4.69, 9.17) is 14.2 Å². The van der Waals surface area contributed by atoms with Crippen LogP contribution in [0, 0.1) is 0 Å². The van der Waals surface area contributed by atoms with Crippen molar-refractivity contribution < 1.29 is 38.8 Å². The van der Waals surface area contributed by atoms with E-state index in [9.17, 15) is 24.6 Å². The number of rotatable bonds is 6. The van der Waals surface area contributed by atoms with Crippen molar-refractivity contribution in [1.29, 1.82) is 0 Å². The monoisotopic (exact) mass is 440 g/mol. The van der Waals surface area contributed by atoms with Gasteiger partial charge in [-0.25, -0.2) is 9.59 Å². The maximum absolute atomic E-state index is 12.9. The van der Waals surface area contributed by atoms with E-state index in [1.165, 1.54) is 30.3 Å². The van der Waals surface area contributed by atoms with E-state index in [2.05, 4.69) is 0 Å². The van der Waals surface area contributed by atoms with Crippen LogP contribution >= 0.6 is 0 Å². The zero-order chi connectivity index (χ0) is 23.3. The molecule has 0 aliphatic carbocycles. The number of carbonyl (C=O) groups excluding carboxylic acids is 3. The van der Waals surface area contributed by atoms with Gasteiger partial charge < -0.3 is 24.4 Å². The van der Waals surface area contributed by atoms with Crippen LogP contribution in [0.2, 0.25) is 0 Å². The van der Waals surface area contributed by atoms with Gasteiger partial charge >= 0.3 is 11.9 Å². The maximum Gasteiger partial charge on any atom is 0.376 e. The van der Waals surface area contributed by atoms with E-state index in [1.807, 2.05) is 13.8 Å². The van der Waals surface area contributed by atoms with Gasteiger partial charge in [-0.3, -0.25) is 4.79 Å². The Balaban J connectivity index is 1.73. The van der Waals surface area contributed by atoms with Crippen LogP contribution in [0.25, 0.3) is 0 Å². The number of hydrogen-bond donors (Lipinski definition) is 2. The first-order valence-corrected chi connectivity index (χ1v) is 10.2. The Morgan fingerprint density at radius 1 is 1.09 bits per heavy atom. The first kappa shape index (κ1) is 21.8. The molecule has 0 saturated carbocycles. The fourth-order valence-electron chi connectivity index (χ4n) is 4.27. The van der Waals surface area contributed by atoms with Gasteiger partial charge in [-0.1, -0.05) is 24.3 Å². The van der Waals surface area contributed by atoms with E-state index in [0.717, 1.165) is 7.11 Å². The van der Waals surface area contributed by atoms with Gasteiger partial charge in [-0.2, -0.15) is 0 Å². The average molecular weight is 440 g/mol. The number of Topliss-reactive ketones (excluding diaryl/α,β-unsaturated/α-hetero) is 1. The summed E-state index contributed by atoms with van der Waals surface area (Å²) in [6, 6.07) is 10.5. The molecule has 2 N–H and O–H groups in total. The number of hydrogen-bond acceptors (Lipinski definition) is 8. The number of ketones is 1. The molecule has 2 aromatic rings. The Bertz CT molecular complexity index is 1090. The largest absolute Gasteiger partial charge is 0.508 e. The van der Waals surface area contributed by atoms with Crippen molar-refractivity contribution in [3.8, 4) is 11.5 Å². The van der Waals surface area contributed by atoms with Gasteiger partial charge in [-0.05, 0) is 48.7 Å². The summed E-state index contributed by atoms with van der Waals surface area (Å²) in [6.45, 7) is 3.91. The van der Waals surface area contributed by atoms with E-state index in [1.54, 1.807) is 12.1 Å². The van der Waals surface area contributed by atoms with Gasteiger partial charge in [0.2, 0.25) is 5.60 Å². The van der Waals surface area contributed by atoms with Crippen molar-refractivity contribution in [2.45, 2.75) is 49.9 Å². The summed E-state index contributed by atoms with van der Waals surface area (Å²) in [5, 5.41) is 19.9. The van der Waals surface area contributed by atoms with Crippen LogP contribution in [0.15, 0.2) is 42.5 Å². The number of ether oxygens (including phenoxy) is 3. The average Bonchev–Trinajstić information content (AvgIpc) is 3.27. The zero-order valence-electron chi connectivity index (χ0n) is 18.0. The minimum absolute atomic E-state index is 0.0245. The van der Waals surface area contributed by atoms with E-state index in [0.29, 0.717) is 23.1 Å². The van der Waals surface area contributed by atoms with Gasteiger partial charge in [0.25, 0.3) is 5.78 Å².